The summed E-state index contributed by atoms with van der Waals surface area (Å²) in [6.07, 6.45) is 3.30. The molecule has 2 aliphatic heterocycles. The SMILES string of the molecule is O=S(=O)(CC1CCOCC1)N1CCC[C@@H]1CO. The van der Waals surface area contributed by atoms with Crippen LogP contribution in [-0.2, 0) is 14.8 Å². The van der Waals surface area contributed by atoms with Gasteiger partial charge in [0.1, 0.15) is 0 Å². The molecule has 2 aliphatic rings. The molecule has 2 saturated heterocycles. The van der Waals surface area contributed by atoms with Crippen LogP contribution in [0, 0.1) is 5.92 Å². The first-order valence-corrected chi connectivity index (χ1v) is 7.92. The second kappa shape index (κ2) is 5.65. The van der Waals surface area contributed by atoms with Gasteiger partial charge in [-0.2, -0.15) is 4.31 Å². The third kappa shape index (κ3) is 3.19. The molecular weight excluding hydrogens is 242 g/mol. The average molecular weight is 263 g/mol. The number of aliphatic hydroxyl groups excluding tert-OH is 1. The van der Waals surface area contributed by atoms with Crippen molar-refractivity contribution >= 4 is 10.0 Å². The monoisotopic (exact) mass is 263 g/mol. The van der Waals surface area contributed by atoms with Crippen molar-refractivity contribution < 1.29 is 18.3 Å². The summed E-state index contributed by atoms with van der Waals surface area (Å²) in [4.78, 5) is 0. The van der Waals surface area contributed by atoms with Crippen LogP contribution in [0.2, 0.25) is 0 Å². The van der Waals surface area contributed by atoms with Crippen LogP contribution in [0.5, 0.6) is 0 Å². The first-order chi connectivity index (χ1) is 8.13. The molecular formula is C11H21NO4S. The van der Waals surface area contributed by atoms with Crippen molar-refractivity contribution in [2.45, 2.75) is 31.7 Å². The summed E-state index contributed by atoms with van der Waals surface area (Å²) >= 11 is 0. The minimum absolute atomic E-state index is 0.0625. The third-order valence-electron chi connectivity index (χ3n) is 3.68. The Kier molecular flexibility index (Phi) is 4.41. The summed E-state index contributed by atoms with van der Waals surface area (Å²) in [6, 6.07) is -0.195. The van der Waals surface area contributed by atoms with Gasteiger partial charge in [0, 0.05) is 25.8 Å². The topological polar surface area (TPSA) is 66.8 Å². The Hall–Kier alpha value is -0.170. The molecule has 2 heterocycles. The van der Waals surface area contributed by atoms with Crippen LogP contribution < -0.4 is 0 Å². The Morgan fingerprint density at radius 2 is 1.94 bits per heavy atom. The van der Waals surface area contributed by atoms with Crippen LogP contribution in [0.15, 0.2) is 0 Å². The lowest BCUT2D eigenvalue weighted by Gasteiger charge is -2.27. The lowest BCUT2D eigenvalue weighted by molar-refractivity contribution is 0.0719. The number of rotatable bonds is 4. The van der Waals surface area contributed by atoms with E-state index in [1.54, 1.807) is 0 Å². The fraction of sp³-hybridized carbons (Fsp3) is 1.00. The van der Waals surface area contributed by atoms with Crippen molar-refractivity contribution in [2.75, 3.05) is 32.1 Å². The molecule has 2 fully saturated rings. The van der Waals surface area contributed by atoms with Crippen LogP contribution in [0.1, 0.15) is 25.7 Å². The molecule has 5 nitrogen and oxygen atoms in total. The van der Waals surface area contributed by atoms with Crippen molar-refractivity contribution in [3.05, 3.63) is 0 Å². The van der Waals surface area contributed by atoms with E-state index in [2.05, 4.69) is 0 Å². The van der Waals surface area contributed by atoms with E-state index in [1.165, 1.54) is 4.31 Å². The van der Waals surface area contributed by atoms with Crippen molar-refractivity contribution in [1.29, 1.82) is 0 Å². The molecule has 1 atom stereocenters. The molecule has 1 N–H and O–H groups in total. The summed E-state index contributed by atoms with van der Waals surface area (Å²) in [5.41, 5.74) is 0. The van der Waals surface area contributed by atoms with Gasteiger partial charge in [0.15, 0.2) is 0 Å². The Morgan fingerprint density at radius 1 is 1.24 bits per heavy atom. The van der Waals surface area contributed by atoms with E-state index >= 15 is 0 Å². The van der Waals surface area contributed by atoms with Gasteiger partial charge in [0.25, 0.3) is 0 Å². The maximum absolute atomic E-state index is 12.2. The highest BCUT2D eigenvalue weighted by Crippen LogP contribution is 2.24. The zero-order chi connectivity index (χ0) is 12.3. The van der Waals surface area contributed by atoms with Crippen LogP contribution >= 0.6 is 0 Å². The van der Waals surface area contributed by atoms with Crippen molar-refractivity contribution in [2.24, 2.45) is 5.92 Å². The van der Waals surface area contributed by atoms with Gasteiger partial charge in [-0.05, 0) is 31.6 Å². The third-order valence-corrected chi connectivity index (χ3v) is 5.77. The lowest BCUT2D eigenvalue weighted by Crippen LogP contribution is -2.41. The highest BCUT2D eigenvalue weighted by Gasteiger charge is 2.35. The van der Waals surface area contributed by atoms with E-state index in [1.807, 2.05) is 0 Å². The summed E-state index contributed by atoms with van der Waals surface area (Å²) in [7, 11) is -3.20. The fourth-order valence-electron chi connectivity index (χ4n) is 2.66. The van der Waals surface area contributed by atoms with Crippen molar-refractivity contribution in [1.82, 2.24) is 4.31 Å². The molecule has 0 bridgehead atoms. The second-order valence-corrected chi connectivity index (χ2v) is 6.89. The standard InChI is InChI=1S/C11H21NO4S/c13-8-11-2-1-5-12(11)17(14,15)9-10-3-6-16-7-4-10/h10-11,13H,1-9H2/t11-/m1/s1. The van der Waals surface area contributed by atoms with Crippen molar-refractivity contribution in [3.63, 3.8) is 0 Å². The Morgan fingerprint density at radius 3 is 2.59 bits per heavy atom. The molecule has 100 valence electrons. The Balaban J connectivity index is 1.97. The molecule has 0 spiro atoms. The first-order valence-electron chi connectivity index (χ1n) is 6.31. The number of aliphatic hydroxyl groups is 1. The molecule has 6 heteroatoms. The van der Waals surface area contributed by atoms with Crippen LogP contribution in [-0.4, -0.2) is 56.0 Å². The van der Waals surface area contributed by atoms with E-state index in [4.69, 9.17) is 4.74 Å². The molecule has 0 unspecified atom stereocenters. The zero-order valence-corrected chi connectivity index (χ0v) is 10.9. The van der Waals surface area contributed by atoms with E-state index in [9.17, 15) is 13.5 Å². The predicted octanol–water partition coefficient (Wildman–Crippen LogP) is 0.200. The second-order valence-electron chi connectivity index (χ2n) is 4.92. The minimum atomic E-state index is -3.20. The van der Waals surface area contributed by atoms with E-state index in [-0.39, 0.29) is 24.3 Å². The molecule has 17 heavy (non-hydrogen) atoms. The summed E-state index contributed by atoms with van der Waals surface area (Å²) < 4.78 is 31.2. The average Bonchev–Trinajstić information content (AvgIpc) is 2.78. The molecule has 2 rings (SSSR count). The predicted molar refractivity (Wildman–Crippen MR) is 64.1 cm³/mol. The number of sulfonamides is 1. The smallest absolute Gasteiger partial charge is 0.214 e. The van der Waals surface area contributed by atoms with E-state index in [0.717, 1.165) is 25.7 Å². The molecule has 0 aromatic carbocycles. The molecule has 0 amide bonds. The lowest BCUT2D eigenvalue weighted by atomic mass is 10.0. The van der Waals surface area contributed by atoms with Gasteiger partial charge >= 0.3 is 0 Å². The molecule has 0 radical (unpaired) electrons. The summed E-state index contributed by atoms with van der Waals surface area (Å²) in [5.74, 6) is 0.432. The van der Waals surface area contributed by atoms with Gasteiger partial charge in [-0.15, -0.1) is 0 Å². The van der Waals surface area contributed by atoms with Crippen LogP contribution in [0.25, 0.3) is 0 Å². The van der Waals surface area contributed by atoms with Gasteiger partial charge in [0.2, 0.25) is 10.0 Å². The van der Waals surface area contributed by atoms with Gasteiger partial charge in [0.05, 0.1) is 12.4 Å². The van der Waals surface area contributed by atoms with Gasteiger partial charge in [-0.1, -0.05) is 0 Å². The highest BCUT2D eigenvalue weighted by atomic mass is 32.2. The largest absolute Gasteiger partial charge is 0.395 e. The first kappa shape index (κ1) is 13.3. The summed E-state index contributed by atoms with van der Waals surface area (Å²) in [6.45, 7) is 1.84. The van der Waals surface area contributed by atoms with Gasteiger partial charge in [-0.25, -0.2) is 8.42 Å². The Bertz CT molecular complexity index is 337. The van der Waals surface area contributed by atoms with Crippen LogP contribution in [0.4, 0.5) is 0 Å². The van der Waals surface area contributed by atoms with Crippen LogP contribution in [0.3, 0.4) is 0 Å². The number of ether oxygens (including phenoxy) is 1. The maximum Gasteiger partial charge on any atom is 0.214 e. The van der Waals surface area contributed by atoms with E-state index < -0.39 is 10.0 Å². The fourth-order valence-corrected chi connectivity index (χ4v) is 4.82. The normalized spacial score (nSPS) is 28.6. The number of hydrogen-bond donors (Lipinski definition) is 1. The number of hydrogen-bond acceptors (Lipinski definition) is 4. The Labute approximate surface area is 103 Å². The molecule has 0 aromatic rings. The quantitative estimate of drug-likeness (QED) is 0.787. The summed E-state index contributed by atoms with van der Waals surface area (Å²) in [5, 5.41) is 9.18. The molecule has 0 aliphatic carbocycles. The van der Waals surface area contributed by atoms with Gasteiger partial charge in [-0.3, -0.25) is 0 Å². The molecule has 0 aromatic heterocycles. The van der Waals surface area contributed by atoms with E-state index in [0.29, 0.717) is 19.8 Å². The van der Waals surface area contributed by atoms with Gasteiger partial charge < -0.3 is 9.84 Å². The maximum atomic E-state index is 12.2. The zero-order valence-electron chi connectivity index (χ0n) is 10.0. The molecule has 0 saturated carbocycles. The van der Waals surface area contributed by atoms with Crippen molar-refractivity contribution in [3.8, 4) is 0 Å². The number of nitrogens with zero attached hydrogens (tertiary/aromatic N) is 1. The highest BCUT2D eigenvalue weighted by molar-refractivity contribution is 7.89. The minimum Gasteiger partial charge on any atom is -0.395 e.